The Morgan fingerprint density at radius 1 is 0.815 bits per heavy atom. The van der Waals surface area contributed by atoms with Crippen LogP contribution in [0.4, 0.5) is 0 Å². The van der Waals surface area contributed by atoms with Crippen molar-refractivity contribution in [1.29, 1.82) is 0 Å². The molecule has 2 rings (SSSR count). The van der Waals surface area contributed by atoms with Gasteiger partial charge in [-0.15, -0.1) is 0 Å². The van der Waals surface area contributed by atoms with E-state index in [1.54, 1.807) is 0 Å². The second-order valence-electron chi connectivity index (χ2n) is 7.32. The molecule has 2 aliphatic rings. The number of carbonyl (C=O) groups excluding carboxylic acids is 2. The van der Waals surface area contributed by atoms with Gasteiger partial charge in [0.15, 0.2) is 0 Å². The van der Waals surface area contributed by atoms with Crippen LogP contribution in [0.5, 0.6) is 0 Å². The second kappa shape index (κ2) is 9.01. The number of rotatable bonds is 9. The Morgan fingerprint density at radius 2 is 1.19 bits per heavy atom. The molecule has 0 amide bonds. The number of hydrogen-bond donors (Lipinski definition) is 2. The Labute approximate surface area is 157 Å². The second-order valence-corrected chi connectivity index (χ2v) is 7.32. The average Bonchev–Trinajstić information content (AvgIpc) is 3.26. The van der Waals surface area contributed by atoms with Gasteiger partial charge in [0.25, 0.3) is 0 Å². The summed E-state index contributed by atoms with van der Waals surface area (Å²) in [4.78, 5) is 48.0. The molecular weight excluding hydrogens is 356 g/mol. The molecule has 8 nitrogen and oxygen atoms in total. The zero-order valence-corrected chi connectivity index (χ0v) is 15.3. The van der Waals surface area contributed by atoms with E-state index in [0.29, 0.717) is 25.7 Å². The van der Waals surface area contributed by atoms with Crippen LogP contribution in [-0.2, 0) is 28.7 Å². The molecule has 27 heavy (non-hydrogen) atoms. The Balaban J connectivity index is 2.15. The SMILES string of the molecule is C=C(C(=O)O)C(CC(=O)OC1CCCC1)(CC(=O)OC1CCCC1)C(=O)O. The molecule has 2 fully saturated rings. The highest BCUT2D eigenvalue weighted by molar-refractivity contribution is 6.00. The van der Waals surface area contributed by atoms with Crippen LogP contribution in [0.2, 0.25) is 0 Å². The molecule has 0 aromatic rings. The van der Waals surface area contributed by atoms with Gasteiger partial charge in [-0.25, -0.2) is 4.79 Å². The standard InChI is InChI=1S/C19H26O8/c1-12(17(22)23)19(18(24)25,10-15(20)26-13-6-2-3-7-13)11-16(21)27-14-8-4-5-9-14/h13-14H,1-11H2,(H,22,23)(H,24,25). The minimum Gasteiger partial charge on any atom is -0.481 e. The van der Waals surface area contributed by atoms with Crippen LogP contribution in [0.1, 0.15) is 64.2 Å². The Kier molecular flexibility index (Phi) is 6.98. The summed E-state index contributed by atoms with van der Waals surface area (Å²) >= 11 is 0. The van der Waals surface area contributed by atoms with E-state index in [1.807, 2.05) is 0 Å². The lowest BCUT2D eigenvalue weighted by atomic mass is 9.74. The van der Waals surface area contributed by atoms with E-state index in [9.17, 15) is 29.4 Å². The lowest BCUT2D eigenvalue weighted by Gasteiger charge is -2.28. The van der Waals surface area contributed by atoms with E-state index in [4.69, 9.17) is 9.47 Å². The maximum absolute atomic E-state index is 12.3. The van der Waals surface area contributed by atoms with Gasteiger partial charge in [-0.3, -0.25) is 14.4 Å². The first-order chi connectivity index (χ1) is 12.7. The van der Waals surface area contributed by atoms with Crippen LogP contribution < -0.4 is 0 Å². The van der Waals surface area contributed by atoms with E-state index in [2.05, 4.69) is 6.58 Å². The first kappa shape index (κ1) is 20.9. The molecule has 8 heteroatoms. The van der Waals surface area contributed by atoms with Crippen molar-refractivity contribution in [3.05, 3.63) is 12.2 Å². The first-order valence-electron chi connectivity index (χ1n) is 9.29. The van der Waals surface area contributed by atoms with Crippen molar-refractivity contribution >= 4 is 23.9 Å². The quantitative estimate of drug-likeness (QED) is 0.460. The van der Waals surface area contributed by atoms with Crippen molar-refractivity contribution < 1.29 is 38.9 Å². The zero-order valence-electron chi connectivity index (χ0n) is 15.3. The number of esters is 2. The van der Waals surface area contributed by atoms with Crippen molar-refractivity contribution in [2.45, 2.75) is 76.4 Å². The summed E-state index contributed by atoms with van der Waals surface area (Å²) in [7, 11) is 0. The summed E-state index contributed by atoms with van der Waals surface area (Å²) in [5.74, 6) is -4.89. The highest BCUT2D eigenvalue weighted by atomic mass is 16.5. The van der Waals surface area contributed by atoms with Gasteiger partial charge in [0.05, 0.1) is 12.8 Å². The van der Waals surface area contributed by atoms with E-state index in [0.717, 1.165) is 25.7 Å². The number of hydrogen-bond acceptors (Lipinski definition) is 6. The third-order valence-electron chi connectivity index (χ3n) is 5.34. The predicted octanol–water partition coefficient (Wildman–Crippen LogP) is 2.45. The van der Waals surface area contributed by atoms with Gasteiger partial charge in [0, 0.05) is 5.57 Å². The molecule has 2 saturated carbocycles. The summed E-state index contributed by atoms with van der Waals surface area (Å²) in [6.45, 7) is 3.32. The third kappa shape index (κ3) is 5.30. The number of carboxylic acids is 2. The van der Waals surface area contributed by atoms with Gasteiger partial charge in [0.1, 0.15) is 17.6 Å². The van der Waals surface area contributed by atoms with Gasteiger partial charge >= 0.3 is 23.9 Å². The summed E-state index contributed by atoms with van der Waals surface area (Å²) in [6.07, 6.45) is 4.27. The Hall–Kier alpha value is -2.38. The summed E-state index contributed by atoms with van der Waals surface area (Å²) in [6, 6.07) is 0. The lowest BCUT2D eigenvalue weighted by Crippen LogP contribution is -2.41. The molecule has 0 aromatic carbocycles. The van der Waals surface area contributed by atoms with Crippen LogP contribution in [0.3, 0.4) is 0 Å². The predicted molar refractivity (Wildman–Crippen MR) is 92.8 cm³/mol. The highest BCUT2D eigenvalue weighted by Gasteiger charge is 2.49. The van der Waals surface area contributed by atoms with Crippen LogP contribution in [0.15, 0.2) is 12.2 Å². The molecule has 0 heterocycles. The van der Waals surface area contributed by atoms with Gasteiger partial charge in [-0.2, -0.15) is 0 Å². The van der Waals surface area contributed by atoms with Crippen molar-refractivity contribution in [2.75, 3.05) is 0 Å². The lowest BCUT2D eigenvalue weighted by molar-refractivity contribution is -0.165. The van der Waals surface area contributed by atoms with Crippen LogP contribution in [0.25, 0.3) is 0 Å². The van der Waals surface area contributed by atoms with E-state index in [-0.39, 0.29) is 12.2 Å². The zero-order chi connectivity index (χ0) is 20.0. The van der Waals surface area contributed by atoms with Crippen molar-refractivity contribution in [2.24, 2.45) is 5.41 Å². The molecule has 0 aromatic heterocycles. The molecule has 0 radical (unpaired) electrons. The number of carboxylic acid groups (broad SMARTS) is 2. The largest absolute Gasteiger partial charge is 0.481 e. The molecule has 0 saturated heterocycles. The van der Waals surface area contributed by atoms with Crippen LogP contribution >= 0.6 is 0 Å². The maximum Gasteiger partial charge on any atom is 0.332 e. The van der Waals surface area contributed by atoms with Crippen molar-refractivity contribution in [3.63, 3.8) is 0 Å². The molecule has 0 bridgehead atoms. The van der Waals surface area contributed by atoms with E-state index >= 15 is 0 Å². The molecule has 2 aliphatic carbocycles. The normalized spacial score (nSPS) is 18.2. The summed E-state index contributed by atoms with van der Waals surface area (Å²) < 4.78 is 10.5. The minimum absolute atomic E-state index is 0.299. The molecule has 0 aliphatic heterocycles. The topological polar surface area (TPSA) is 127 Å². The Bertz CT molecular complexity index is 579. The minimum atomic E-state index is -2.29. The molecule has 0 spiro atoms. The van der Waals surface area contributed by atoms with E-state index < -0.39 is 47.7 Å². The third-order valence-corrected chi connectivity index (χ3v) is 5.34. The van der Waals surface area contributed by atoms with Gasteiger partial charge < -0.3 is 19.7 Å². The molecule has 2 N–H and O–H groups in total. The molecule has 150 valence electrons. The summed E-state index contributed by atoms with van der Waals surface area (Å²) in [5.41, 5.74) is -3.03. The van der Waals surface area contributed by atoms with Crippen LogP contribution in [0, 0.1) is 5.41 Å². The average molecular weight is 382 g/mol. The number of carbonyl (C=O) groups is 4. The smallest absolute Gasteiger partial charge is 0.332 e. The fourth-order valence-corrected chi connectivity index (χ4v) is 3.72. The van der Waals surface area contributed by atoms with Crippen molar-refractivity contribution in [1.82, 2.24) is 0 Å². The monoisotopic (exact) mass is 382 g/mol. The highest BCUT2D eigenvalue weighted by Crippen LogP contribution is 2.37. The van der Waals surface area contributed by atoms with Gasteiger partial charge in [-0.1, -0.05) is 6.58 Å². The van der Waals surface area contributed by atoms with E-state index in [1.165, 1.54) is 0 Å². The fourth-order valence-electron chi connectivity index (χ4n) is 3.72. The number of aliphatic carboxylic acids is 2. The Morgan fingerprint density at radius 3 is 1.48 bits per heavy atom. The van der Waals surface area contributed by atoms with Gasteiger partial charge in [0.2, 0.25) is 0 Å². The van der Waals surface area contributed by atoms with Gasteiger partial charge in [-0.05, 0) is 51.4 Å². The maximum atomic E-state index is 12.3. The molecular formula is C19H26O8. The molecule has 0 atom stereocenters. The van der Waals surface area contributed by atoms with Crippen molar-refractivity contribution in [3.8, 4) is 0 Å². The fraction of sp³-hybridized carbons (Fsp3) is 0.684. The summed E-state index contributed by atoms with van der Waals surface area (Å²) in [5, 5.41) is 19.0. The van der Waals surface area contributed by atoms with Crippen LogP contribution in [-0.4, -0.2) is 46.3 Å². The first-order valence-corrected chi connectivity index (χ1v) is 9.29. The molecule has 0 unspecified atom stereocenters. The number of ether oxygens (including phenoxy) is 2.